The second-order valence-electron chi connectivity index (χ2n) is 5.87. The van der Waals surface area contributed by atoms with Crippen molar-refractivity contribution in [3.63, 3.8) is 0 Å². The Morgan fingerprint density at radius 3 is 2.64 bits per heavy atom. The van der Waals surface area contributed by atoms with Crippen LogP contribution in [-0.2, 0) is 14.8 Å². The number of nitrogens with zero attached hydrogens (tertiary/aromatic N) is 2. The fourth-order valence-electron chi connectivity index (χ4n) is 2.66. The van der Waals surface area contributed by atoms with Gasteiger partial charge >= 0.3 is 0 Å². The molecule has 2 aromatic rings. The summed E-state index contributed by atoms with van der Waals surface area (Å²) in [6.07, 6.45) is -0.508. The van der Waals surface area contributed by atoms with Gasteiger partial charge in [0.25, 0.3) is 11.8 Å². The SMILES string of the molecule is CS(=O)(=O)Nc1ccc(F)c(C(=O)N2CC(=O)N(O)C2c2cc(Br)cs2)c1F. The highest BCUT2D eigenvalue weighted by Crippen LogP contribution is 2.36. The lowest BCUT2D eigenvalue weighted by Gasteiger charge is -2.25. The summed E-state index contributed by atoms with van der Waals surface area (Å²) in [5.74, 6) is -4.72. The molecule has 1 atom stereocenters. The largest absolute Gasteiger partial charge is 0.302 e. The summed E-state index contributed by atoms with van der Waals surface area (Å²) in [6.45, 7) is -0.613. The van der Waals surface area contributed by atoms with E-state index in [1.165, 1.54) is 0 Å². The van der Waals surface area contributed by atoms with Gasteiger partial charge in [0.05, 0.1) is 16.8 Å². The van der Waals surface area contributed by atoms with Gasteiger partial charge in [-0.1, -0.05) is 0 Å². The number of amides is 2. The maximum Gasteiger partial charge on any atom is 0.268 e. The van der Waals surface area contributed by atoms with E-state index in [-0.39, 0.29) is 0 Å². The van der Waals surface area contributed by atoms with Crippen LogP contribution < -0.4 is 4.72 Å². The first kappa shape index (κ1) is 20.6. The Labute approximate surface area is 170 Å². The van der Waals surface area contributed by atoms with Gasteiger partial charge in [0, 0.05) is 9.85 Å². The van der Waals surface area contributed by atoms with Crippen molar-refractivity contribution in [3.8, 4) is 0 Å². The predicted molar refractivity (Wildman–Crippen MR) is 99.3 cm³/mol. The molecule has 0 saturated carbocycles. The first-order chi connectivity index (χ1) is 13.0. The van der Waals surface area contributed by atoms with Crippen molar-refractivity contribution in [2.45, 2.75) is 6.17 Å². The first-order valence-electron chi connectivity index (χ1n) is 7.51. The molecule has 2 heterocycles. The Kier molecular flexibility index (Phi) is 5.44. The zero-order chi connectivity index (χ0) is 20.8. The zero-order valence-electron chi connectivity index (χ0n) is 14.0. The molecule has 3 rings (SSSR count). The van der Waals surface area contributed by atoms with E-state index in [0.29, 0.717) is 14.4 Å². The van der Waals surface area contributed by atoms with Crippen LogP contribution in [-0.4, -0.2) is 48.2 Å². The molecule has 13 heteroatoms. The summed E-state index contributed by atoms with van der Waals surface area (Å²) in [5.41, 5.74) is -1.66. The van der Waals surface area contributed by atoms with E-state index >= 15 is 0 Å². The number of carbonyl (C=O) groups is 2. The highest BCUT2D eigenvalue weighted by molar-refractivity contribution is 9.10. The third kappa shape index (κ3) is 3.87. The Hall–Kier alpha value is -2.09. The molecule has 1 aliphatic heterocycles. The number of halogens is 3. The number of benzene rings is 1. The molecule has 1 saturated heterocycles. The smallest absolute Gasteiger partial charge is 0.268 e. The van der Waals surface area contributed by atoms with Gasteiger partial charge in [0.15, 0.2) is 12.0 Å². The molecular formula is C15H12BrF2N3O5S2. The molecule has 8 nitrogen and oxygen atoms in total. The normalized spacial score (nSPS) is 17.3. The molecule has 1 aromatic heterocycles. The third-order valence-electron chi connectivity index (χ3n) is 3.79. The van der Waals surface area contributed by atoms with E-state index in [9.17, 15) is 32.0 Å². The highest BCUT2D eigenvalue weighted by atomic mass is 79.9. The summed E-state index contributed by atoms with van der Waals surface area (Å²) in [4.78, 5) is 26.0. The Morgan fingerprint density at radius 2 is 2.07 bits per heavy atom. The predicted octanol–water partition coefficient (Wildman–Crippen LogP) is 2.53. The van der Waals surface area contributed by atoms with Crippen LogP contribution in [0.4, 0.5) is 14.5 Å². The van der Waals surface area contributed by atoms with Crippen LogP contribution in [0.15, 0.2) is 28.1 Å². The summed E-state index contributed by atoms with van der Waals surface area (Å²) in [5, 5.41) is 12.0. The second-order valence-corrected chi connectivity index (χ2v) is 9.48. The minimum absolute atomic E-state index is 0.310. The molecule has 0 spiro atoms. The van der Waals surface area contributed by atoms with Gasteiger partial charge in [-0.05, 0) is 34.1 Å². The molecule has 0 aliphatic carbocycles. The van der Waals surface area contributed by atoms with Crippen molar-refractivity contribution < 1.29 is 32.0 Å². The number of thiophene rings is 1. The van der Waals surface area contributed by atoms with Crippen molar-refractivity contribution in [2.75, 3.05) is 17.5 Å². The van der Waals surface area contributed by atoms with Gasteiger partial charge in [-0.3, -0.25) is 19.5 Å². The van der Waals surface area contributed by atoms with Gasteiger partial charge in [0.2, 0.25) is 10.0 Å². The van der Waals surface area contributed by atoms with Gasteiger partial charge in [-0.15, -0.1) is 11.3 Å². The van der Waals surface area contributed by atoms with Crippen molar-refractivity contribution in [1.29, 1.82) is 0 Å². The molecule has 0 radical (unpaired) electrons. The fraction of sp³-hybridized carbons (Fsp3) is 0.200. The lowest BCUT2D eigenvalue weighted by Crippen LogP contribution is -2.35. The van der Waals surface area contributed by atoms with Gasteiger partial charge < -0.3 is 4.90 Å². The van der Waals surface area contributed by atoms with Gasteiger partial charge in [0.1, 0.15) is 17.9 Å². The van der Waals surface area contributed by atoms with Crippen LogP contribution >= 0.6 is 27.3 Å². The molecule has 1 unspecified atom stereocenters. The standard InChI is InChI=1S/C15H12BrF2N3O5S2/c1-28(25,26)19-9-3-2-8(17)12(13(9)18)15(23)20-5-11(22)21(24)14(20)10-4-7(16)6-27-10/h2-4,6,14,19,24H,5H2,1H3. The minimum atomic E-state index is -3.89. The Morgan fingerprint density at radius 1 is 1.39 bits per heavy atom. The van der Waals surface area contributed by atoms with Crippen LogP contribution in [0.3, 0.4) is 0 Å². The van der Waals surface area contributed by atoms with Gasteiger partial charge in [-0.25, -0.2) is 17.2 Å². The van der Waals surface area contributed by atoms with E-state index < -0.39 is 57.4 Å². The van der Waals surface area contributed by atoms with Crippen molar-refractivity contribution >= 4 is 54.8 Å². The van der Waals surface area contributed by atoms with Crippen LogP contribution in [0.2, 0.25) is 0 Å². The number of hydroxylamine groups is 2. The van der Waals surface area contributed by atoms with Crippen LogP contribution in [0, 0.1) is 11.6 Å². The lowest BCUT2D eigenvalue weighted by molar-refractivity contribution is -0.168. The van der Waals surface area contributed by atoms with E-state index in [1.54, 1.807) is 11.4 Å². The van der Waals surface area contributed by atoms with Crippen molar-refractivity contribution in [1.82, 2.24) is 9.96 Å². The van der Waals surface area contributed by atoms with Crippen LogP contribution in [0.5, 0.6) is 0 Å². The number of nitrogens with one attached hydrogen (secondary N) is 1. The average Bonchev–Trinajstić information content (AvgIpc) is 3.13. The molecule has 1 aliphatic rings. The minimum Gasteiger partial charge on any atom is -0.302 e. The van der Waals surface area contributed by atoms with Crippen LogP contribution in [0.25, 0.3) is 0 Å². The summed E-state index contributed by atoms with van der Waals surface area (Å²) in [7, 11) is -3.89. The van der Waals surface area contributed by atoms with E-state index in [1.807, 2.05) is 4.72 Å². The molecule has 2 amide bonds. The van der Waals surface area contributed by atoms with Crippen molar-refractivity contribution in [3.05, 3.63) is 50.1 Å². The monoisotopic (exact) mass is 495 g/mol. The summed E-state index contributed by atoms with van der Waals surface area (Å²) in [6, 6.07) is 3.12. The number of hydrogen-bond acceptors (Lipinski definition) is 6. The highest BCUT2D eigenvalue weighted by Gasteiger charge is 2.43. The molecule has 2 N–H and O–H groups in total. The fourth-order valence-corrected chi connectivity index (χ4v) is 4.76. The topological polar surface area (TPSA) is 107 Å². The van der Waals surface area contributed by atoms with Gasteiger partial charge in [-0.2, -0.15) is 5.06 Å². The van der Waals surface area contributed by atoms with Crippen molar-refractivity contribution in [2.24, 2.45) is 0 Å². The lowest BCUT2D eigenvalue weighted by atomic mass is 10.1. The Bertz CT molecular complexity index is 1080. The van der Waals surface area contributed by atoms with E-state index in [0.717, 1.165) is 34.6 Å². The number of sulfonamides is 1. The number of rotatable bonds is 4. The maximum atomic E-state index is 14.7. The first-order valence-corrected chi connectivity index (χ1v) is 11.1. The molecule has 0 bridgehead atoms. The Balaban J connectivity index is 2.05. The average molecular weight is 496 g/mol. The van der Waals surface area contributed by atoms with E-state index in [2.05, 4.69) is 15.9 Å². The summed E-state index contributed by atoms with van der Waals surface area (Å²) < 4.78 is 54.2. The van der Waals surface area contributed by atoms with Crippen LogP contribution in [0.1, 0.15) is 21.4 Å². The molecule has 1 aromatic carbocycles. The molecule has 28 heavy (non-hydrogen) atoms. The zero-order valence-corrected chi connectivity index (χ0v) is 17.2. The second kappa shape index (κ2) is 7.39. The molecule has 1 fully saturated rings. The number of hydrogen-bond donors (Lipinski definition) is 2. The molecular weight excluding hydrogens is 484 g/mol. The summed E-state index contributed by atoms with van der Waals surface area (Å²) >= 11 is 4.33. The molecule has 150 valence electrons. The quantitative estimate of drug-likeness (QED) is 0.633. The number of carbonyl (C=O) groups excluding carboxylic acids is 2. The number of anilines is 1. The maximum absolute atomic E-state index is 14.7. The van der Waals surface area contributed by atoms with E-state index in [4.69, 9.17) is 0 Å². The third-order valence-corrected chi connectivity index (χ3v) is 6.12.